The molecule has 0 aliphatic rings. The Morgan fingerprint density at radius 2 is 1.17 bits per heavy atom. The quantitative estimate of drug-likeness (QED) is 0.329. The van der Waals surface area contributed by atoms with Crippen LogP contribution < -0.4 is 5.32 Å². The molecule has 23 heavy (non-hydrogen) atoms. The van der Waals surface area contributed by atoms with Gasteiger partial charge in [-0.15, -0.1) is 11.6 Å². The lowest BCUT2D eigenvalue weighted by molar-refractivity contribution is 0.556. The molecule has 1 rings (SSSR count). The van der Waals surface area contributed by atoms with Gasteiger partial charge >= 0.3 is 0 Å². The highest BCUT2D eigenvalue weighted by Crippen LogP contribution is 2.16. The highest BCUT2D eigenvalue weighted by molar-refractivity contribution is 6.17. The summed E-state index contributed by atoms with van der Waals surface area (Å²) < 4.78 is 0. The van der Waals surface area contributed by atoms with Gasteiger partial charge in [0, 0.05) is 5.88 Å². The van der Waals surface area contributed by atoms with Crippen LogP contribution >= 0.6 is 11.6 Å². The van der Waals surface area contributed by atoms with E-state index in [1.807, 2.05) is 14.1 Å². The van der Waals surface area contributed by atoms with E-state index in [-0.39, 0.29) is 0 Å². The standard InChI is InChI=1S/C19H31Cl.C2H7N/c1-2-3-4-5-6-7-8-9-10-11-14-18-15-12-13-16-19(18)17-20;1-3-2/h12-13,15-16H,2-11,14,17H2,1H3;3H,1-2H3. The van der Waals surface area contributed by atoms with Crippen LogP contribution in [0.4, 0.5) is 0 Å². The first-order chi connectivity index (χ1) is 11.3. The van der Waals surface area contributed by atoms with Crippen molar-refractivity contribution in [3.05, 3.63) is 35.4 Å². The number of nitrogens with one attached hydrogen (secondary N) is 1. The average Bonchev–Trinajstić information content (AvgIpc) is 2.57. The molecule has 0 saturated heterocycles. The van der Waals surface area contributed by atoms with Crippen LogP contribution in [0.5, 0.6) is 0 Å². The average molecular weight is 340 g/mol. The van der Waals surface area contributed by atoms with Crippen molar-refractivity contribution in [1.29, 1.82) is 0 Å². The van der Waals surface area contributed by atoms with Crippen LogP contribution in [0.1, 0.15) is 82.3 Å². The van der Waals surface area contributed by atoms with Gasteiger partial charge in [-0.05, 0) is 38.1 Å². The lowest BCUT2D eigenvalue weighted by Gasteiger charge is -2.06. The third-order valence-electron chi connectivity index (χ3n) is 4.06. The summed E-state index contributed by atoms with van der Waals surface area (Å²) in [4.78, 5) is 0. The van der Waals surface area contributed by atoms with Crippen LogP contribution in [-0.2, 0) is 12.3 Å². The summed E-state index contributed by atoms with van der Waals surface area (Å²) in [5.74, 6) is 0.647. The third-order valence-corrected chi connectivity index (χ3v) is 4.35. The van der Waals surface area contributed by atoms with Gasteiger partial charge in [-0.2, -0.15) is 0 Å². The molecule has 0 heterocycles. The normalized spacial score (nSPS) is 10.3. The van der Waals surface area contributed by atoms with E-state index in [0.29, 0.717) is 5.88 Å². The molecule has 0 bridgehead atoms. The maximum Gasteiger partial charge on any atom is 0.0476 e. The number of benzene rings is 1. The predicted molar refractivity (Wildman–Crippen MR) is 107 cm³/mol. The second kappa shape index (κ2) is 17.8. The largest absolute Gasteiger partial charge is 0.323 e. The van der Waals surface area contributed by atoms with E-state index < -0.39 is 0 Å². The zero-order valence-electron chi connectivity index (χ0n) is 15.7. The van der Waals surface area contributed by atoms with Crippen LogP contribution in [-0.4, -0.2) is 14.1 Å². The lowest BCUT2D eigenvalue weighted by Crippen LogP contribution is -1.92. The Balaban J connectivity index is 0.00000149. The second-order valence-electron chi connectivity index (χ2n) is 6.33. The minimum Gasteiger partial charge on any atom is -0.323 e. The monoisotopic (exact) mass is 339 g/mol. The van der Waals surface area contributed by atoms with E-state index in [9.17, 15) is 0 Å². The molecule has 0 unspecified atom stereocenters. The molecule has 1 N–H and O–H groups in total. The van der Waals surface area contributed by atoms with Crippen molar-refractivity contribution in [1.82, 2.24) is 5.32 Å². The van der Waals surface area contributed by atoms with Gasteiger partial charge in [0.2, 0.25) is 0 Å². The van der Waals surface area contributed by atoms with Crippen molar-refractivity contribution < 1.29 is 0 Å². The molecule has 0 aliphatic carbocycles. The fourth-order valence-corrected chi connectivity index (χ4v) is 3.00. The fraction of sp³-hybridized carbons (Fsp3) is 0.714. The second-order valence-corrected chi connectivity index (χ2v) is 6.60. The van der Waals surface area contributed by atoms with Crippen LogP contribution in [0.2, 0.25) is 0 Å². The number of aryl methyl sites for hydroxylation is 1. The summed E-state index contributed by atoms with van der Waals surface area (Å²) in [5.41, 5.74) is 2.76. The van der Waals surface area contributed by atoms with E-state index in [2.05, 4.69) is 36.5 Å². The Bertz CT molecular complexity index is 351. The van der Waals surface area contributed by atoms with Gasteiger partial charge in [0.05, 0.1) is 0 Å². The summed E-state index contributed by atoms with van der Waals surface area (Å²) in [6.07, 6.45) is 15.2. The highest BCUT2D eigenvalue weighted by atomic mass is 35.5. The Hall–Kier alpha value is -0.530. The molecule has 134 valence electrons. The summed E-state index contributed by atoms with van der Waals surface area (Å²) >= 11 is 5.97. The smallest absolute Gasteiger partial charge is 0.0476 e. The van der Waals surface area contributed by atoms with Gasteiger partial charge in [0.15, 0.2) is 0 Å². The molecule has 0 fully saturated rings. The van der Waals surface area contributed by atoms with Crippen molar-refractivity contribution in [2.24, 2.45) is 0 Å². The molecule has 0 atom stereocenters. The number of alkyl halides is 1. The molecule has 2 heteroatoms. The Morgan fingerprint density at radius 3 is 1.65 bits per heavy atom. The fourth-order valence-electron chi connectivity index (χ4n) is 2.73. The van der Waals surface area contributed by atoms with Crippen LogP contribution in [0.3, 0.4) is 0 Å². The first kappa shape index (κ1) is 22.5. The molecule has 0 radical (unpaired) electrons. The van der Waals surface area contributed by atoms with Crippen molar-refractivity contribution in [2.75, 3.05) is 14.1 Å². The van der Waals surface area contributed by atoms with Gasteiger partial charge in [-0.25, -0.2) is 0 Å². The van der Waals surface area contributed by atoms with Crippen molar-refractivity contribution in [3.8, 4) is 0 Å². The first-order valence-corrected chi connectivity index (χ1v) is 10.0. The number of rotatable bonds is 12. The van der Waals surface area contributed by atoms with Crippen LogP contribution in [0.25, 0.3) is 0 Å². The van der Waals surface area contributed by atoms with Crippen LogP contribution in [0, 0.1) is 0 Å². The summed E-state index contributed by atoms with van der Waals surface area (Å²) in [5, 5.41) is 2.75. The maximum atomic E-state index is 5.97. The summed E-state index contributed by atoms with van der Waals surface area (Å²) in [6.45, 7) is 2.28. The molecule has 0 spiro atoms. The number of hydrogen-bond acceptors (Lipinski definition) is 1. The van der Waals surface area contributed by atoms with E-state index in [1.165, 1.54) is 81.8 Å². The lowest BCUT2D eigenvalue weighted by atomic mass is 10.0. The molecule has 0 aliphatic heterocycles. The van der Waals surface area contributed by atoms with Crippen LogP contribution in [0.15, 0.2) is 24.3 Å². The van der Waals surface area contributed by atoms with Crippen molar-refractivity contribution in [3.63, 3.8) is 0 Å². The van der Waals surface area contributed by atoms with Crippen molar-refractivity contribution in [2.45, 2.75) is 83.4 Å². The van der Waals surface area contributed by atoms with Gasteiger partial charge in [0.1, 0.15) is 0 Å². The van der Waals surface area contributed by atoms with E-state index in [0.717, 1.165) is 0 Å². The Labute approximate surface area is 150 Å². The number of unbranched alkanes of at least 4 members (excludes halogenated alkanes) is 9. The van der Waals surface area contributed by atoms with Gasteiger partial charge in [-0.1, -0.05) is 89.0 Å². The Morgan fingerprint density at radius 1 is 0.739 bits per heavy atom. The molecular formula is C21H38ClN. The van der Waals surface area contributed by atoms with Gasteiger partial charge in [0.25, 0.3) is 0 Å². The molecule has 1 aromatic rings. The third kappa shape index (κ3) is 13.6. The topological polar surface area (TPSA) is 12.0 Å². The van der Waals surface area contributed by atoms with Crippen molar-refractivity contribution >= 4 is 11.6 Å². The number of halogens is 1. The SMILES string of the molecule is CCCCCCCCCCCCc1ccccc1CCl.CNC. The molecular weight excluding hydrogens is 302 g/mol. The Kier molecular flexibility index (Phi) is 17.4. The zero-order chi connectivity index (χ0) is 17.2. The molecule has 0 saturated carbocycles. The molecule has 1 nitrogen and oxygen atoms in total. The minimum atomic E-state index is 0.647. The number of hydrogen-bond donors (Lipinski definition) is 1. The first-order valence-electron chi connectivity index (χ1n) is 9.51. The van der Waals surface area contributed by atoms with Gasteiger partial charge < -0.3 is 5.32 Å². The molecule has 0 aromatic heterocycles. The minimum absolute atomic E-state index is 0.647. The van der Waals surface area contributed by atoms with E-state index in [1.54, 1.807) is 0 Å². The highest BCUT2D eigenvalue weighted by Gasteiger charge is 2.00. The maximum absolute atomic E-state index is 5.97. The predicted octanol–water partition coefficient (Wildman–Crippen LogP) is 6.72. The van der Waals surface area contributed by atoms with E-state index in [4.69, 9.17) is 11.6 Å². The summed E-state index contributed by atoms with van der Waals surface area (Å²) in [7, 11) is 3.75. The zero-order valence-corrected chi connectivity index (χ0v) is 16.4. The van der Waals surface area contributed by atoms with Gasteiger partial charge in [-0.3, -0.25) is 0 Å². The molecule has 0 amide bonds. The van der Waals surface area contributed by atoms with E-state index >= 15 is 0 Å². The molecule has 1 aromatic carbocycles. The summed E-state index contributed by atoms with van der Waals surface area (Å²) in [6, 6.07) is 8.59.